The molecule has 0 nitrogen and oxygen atoms in total. The van der Waals surface area contributed by atoms with Crippen molar-refractivity contribution in [2.24, 2.45) is 29.1 Å². The molecule has 0 bridgehead atoms. The molecule has 1 spiro atoms. The van der Waals surface area contributed by atoms with E-state index in [1.165, 1.54) is 18.3 Å². The van der Waals surface area contributed by atoms with Crippen LogP contribution in [0.3, 0.4) is 0 Å². The van der Waals surface area contributed by atoms with E-state index in [4.69, 9.17) is 0 Å². The van der Waals surface area contributed by atoms with Gasteiger partial charge in [0, 0.05) is 0 Å². The molecular formula is C11H18. The van der Waals surface area contributed by atoms with Gasteiger partial charge in [-0.05, 0) is 54.8 Å². The third kappa shape index (κ3) is 0.554. The fourth-order valence-corrected chi connectivity index (χ4v) is 4.23. The average Bonchev–Trinajstić information content (AvgIpc) is 2.43. The quantitative estimate of drug-likeness (QED) is 0.498. The van der Waals surface area contributed by atoms with Crippen molar-refractivity contribution in [1.82, 2.24) is 0 Å². The summed E-state index contributed by atoms with van der Waals surface area (Å²) in [7, 11) is 0. The van der Waals surface area contributed by atoms with Crippen LogP contribution in [-0.2, 0) is 0 Å². The topological polar surface area (TPSA) is 0 Å². The van der Waals surface area contributed by atoms with Gasteiger partial charge in [-0.15, -0.1) is 0 Å². The molecule has 0 N–H and O–H groups in total. The first-order valence-corrected chi connectivity index (χ1v) is 5.25. The van der Waals surface area contributed by atoms with Crippen molar-refractivity contribution in [3.05, 3.63) is 0 Å². The maximum absolute atomic E-state index is 2.48. The number of hydrogen-bond donors (Lipinski definition) is 0. The molecule has 0 aromatic rings. The van der Waals surface area contributed by atoms with Crippen LogP contribution in [0.5, 0.6) is 0 Å². The van der Waals surface area contributed by atoms with Crippen molar-refractivity contribution in [2.75, 3.05) is 0 Å². The molecule has 3 unspecified atom stereocenters. The lowest BCUT2D eigenvalue weighted by atomic mass is 9.66. The molecule has 0 radical (unpaired) electrons. The minimum Gasteiger partial charge on any atom is -0.0625 e. The van der Waals surface area contributed by atoms with Crippen molar-refractivity contribution in [3.63, 3.8) is 0 Å². The first kappa shape index (κ1) is 6.51. The summed E-state index contributed by atoms with van der Waals surface area (Å²) in [6.45, 7) is 4.91. The third-order valence-corrected chi connectivity index (χ3v) is 5.00. The van der Waals surface area contributed by atoms with Gasteiger partial charge in [-0.1, -0.05) is 13.8 Å². The van der Waals surface area contributed by atoms with E-state index in [1.54, 1.807) is 19.3 Å². The zero-order valence-electron chi connectivity index (χ0n) is 7.64. The van der Waals surface area contributed by atoms with Crippen LogP contribution in [0.15, 0.2) is 0 Å². The molecule has 3 fully saturated rings. The summed E-state index contributed by atoms with van der Waals surface area (Å²) in [6.07, 6.45) is 6.24. The molecule has 3 aliphatic rings. The van der Waals surface area contributed by atoms with Crippen LogP contribution in [0.25, 0.3) is 0 Å². The summed E-state index contributed by atoms with van der Waals surface area (Å²) in [5, 5.41) is 0. The Balaban J connectivity index is 1.79. The summed E-state index contributed by atoms with van der Waals surface area (Å²) in [5.74, 6) is 4.51. The van der Waals surface area contributed by atoms with Crippen molar-refractivity contribution in [3.8, 4) is 0 Å². The first-order chi connectivity index (χ1) is 5.25. The second-order valence-corrected chi connectivity index (χ2v) is 5.34. The van der Waals surface area contributed by atoms with Gasteiger partial charge in [-0.3, -0.25) is 0 Å². The second kappa shape index (κ2) is 1.67. The standard InChI is InChI=1S/C11H18/c1-7-5-9-10(6-7)11(9)4-3-8(11)2/h7-10H,3-6H2,1-2H3. The zero-order chi connectivity index (χ0) is 7.64. The minimum atomic E-state index is 0.923. The summed E-state index contributed by atoms with van der Waals surface area (Å²) in [5.41, 5.74) is 0.923. The Morgan fingerprint density at radius 3 is 2.09 bits per heavy atom. The van der Waals surface area contributed by atoms with E-state index in [1.807, 2.05) is 0 Å². The van der Waals surface area contributed by atoms with Crippen LogP contribution in [0.1, 0.15) is 39.5 Å². The lowest BCUT2D eigenvalue weighted by Gasteiger charge is -2.39. The Morgan fingerprint density at radius 1 is 1.09 bits per heavy atom. The molecule has 3 saturated carbocycles. The molecule has 0 aliphatic heterocycles. The molecule has 0 aromatic carbocycles. The molecule has 0 heterocycles. The van der Waals surface area contributed by atoms with Gasteiger partial charge in [-0.25, -0.2) is 0 Å². The normalized spacial score (nSPS) is 66.0. The molecule has 3 rings (SSSR count). The molecule has 0 heteroatoms. The molecule has 0 saturated heterocycles. The monoisotopic (exact) mass is 150 g/mol. The van der Waals surface area contributed by atoms with Crippen molar-refractivity contribution >= 4 is 0 Å². The van der Waals surface area contributed by atoms with Crippen molar-refractivity contribution in [1.29, 1.82) is 0 Å². The highest BCUT2D eigenvalue weighted by Gasteiger charge is 2.71. The fraction of sp³-hybridized carbons (Fsp3) is 1.00. The van der Waals surface area contributed by atoms with Crippen LogP contribution in [0, 0.1) is 29.1 Å². The Morgan fingerprint density at radius 2 is 1.73 bits per heavy atom. The van der Waals surface area contributed by atoms with Gasteiger partial charge in [-0.2, -0.15) is 0 Å². The van der Waals surface area contributed by atoms with Gasteiger partial charge in [0.15, 0.2) is 0 Å². The van der Waals surface area contributed by atoms with E-state index in [-0.39, 0.29) is 0 Å². The van der Waals surface area contributed by atoms with Crippen LogP contribution >= 0.6 is 0 Å². The predicted octanol–water partition coefficient (Wildman–Crippen LogP) is 3.08. The van der Waals surface area contributed by atoms with Gasteiger partial charge in [0.2, 0.25) is 0 Å². The third-order valence-electron chi connectivity index (χ3n) is 5.00. The number of hydrogen-bond acceptors (Lipinski definition) is 0. The lowest BCUT2D eigenvalue weighted by molar-refractivity contribution is 0.109. The Hall–Kier alpha value is 0. The molecule has 11 heavy (non-hydrogen) atoms. The zero-order valence-corrected chi connectivity index (χ0v) is 7.64. The Bertz CT molecular complexity index is 182. The first-order valence-electron chi connectivity index (χ1n) is 5.25. The summed E-state index contributed by atoms with van der Waals surface area (Å²) < 4.78 is 0. The molecule has 0 aromatic heterocycles. The smallest absolute Gasteiger partial charge is 0.0209 e. The van der Waals surface area contributed by atoms with Crippen LogP contribution in [0.4, 0.5) is 0 Å². The van der Waals surface area contributed by atoms with E-state index in [9.17, 15) is 0 Å². The average molecular weight is 150 g/mol. The minimum absolute atomic E-state index is 0.923. The SMILES string of the molecule is CC1CC2C(C1)C21CCC1C. The largest absolute Gasteiger partial charge is 0.0625 e. The van der Waals surface area contributed by atoms with Crippen molar-refractivity contribution < 1.29 is 0 Å². The predicted molar refractivity (Wildman–Crippen MR) is 46.2 cm³/mol. The van der Waals surface area contributed by atoms with E-state index < -0.39 is 0 Å². The molecular weight excluding hydrogens is 132 g/mol. The summed E-state index contributed by atoms with van der Waals surface area (Å²) in [6, 6.07) is 0. The maximum Gasteiger partial charge on any atom is -0.0209 e. The summed E-state index contributed by atoms with van der Waals surface area (Å²) in [4.78, 5) is 0. The molecule has 3 aliphatic carbocycles. The Kier molecular flexibility index (Phi) is 0.990. The van der Waals surface area contributed by atoms with E-state index in [2.05, 4.69) is 13.8 Å². The van der Waals surface area contributed by atoms with Gasteiger partial charge >= 0.3 is 0 Å². The van der Waals surface area contributed by atoms with E-state index in [0.29, 0.717) is 0 Å². The molecule has 0 amide bonds. The van der Waals surface area contributed by atoms with Gasteiger partial charge in [0.1, 0.15) is 0 Å². The van der Waals surface area contributed by atoms with Gasteiger partial charge in [0.05, 0.1) is 0 Å². The number of fused-ring (bicyclic) bond motifs is 3. The maximum atomic E-state index is 2.48. The van der Waals surface area contributed by atoms with Crippen LogP contribution in [-0.4, -0.2) is 0 Å². The Labute approximate surface area is 69.4 Å². The molecule has 3 atom stereocenters. The highest BCUT2D eigenvalue weighted by molar-refractivity contribution is 5.20. The van der Waals surface area contributed by atoms with Crippen LogP contribution in [0.2, 0.25) is 0 Å². The summed E-state index contributed by atoms with van der Waals surface area (Å²) >= 11 is 0. The number of rotatable bonds is 0. The van der Waals surface area contributed by atoms with E-state index in [0.717, 1.165) is 17.3 Å². The lowest BCUT2D eigenvalue weighted by Crippen LogP contribution is -2.30. The van der Waals surface area contributed by atoms with Gasteiger partial charge in [0.25, 0.3) is 0 Å². The fourth-order valence-electron chi connectivity index (χ4n) is 4.23. The highest BCUT2D eigenvalue weighted by atomic mass is 14.8. The van der Waals surface area contributed by atoms with Crippen LogP contribution < -0.4 is 0 Å². The van der Waals surface area contributed by atoms with Crippen molar-refractivity contribution in [2.45, 2.75) is 39.5 Å². The second-order valence-electron chi connectivity index (χ2n) is 5.34. The molecule has 62 valence electrons. The highest BCUT2D eigenvalue weighted by Crippen LogP contribution is 2.78. The van der Waals surface area contributed by atoms with Gasteiger partial charge < -0.3 is 0 Å². The van der Waals surface area contributed by atoms with E-state index >= 15 is 0 Å².